The van der Waals surface area contributed by atoms with Crippen molar-refractivity contribution in [1.29, 1.82) is 5.26 Å². The summed E-state index contributed by atoms with van der Waals surface area (Å²) in [4.78, 5) is 13.6. The zero-order chi connectivity index (χ0) is 9.26. The quantitative estimate of drug-likeness (QED) is 0.611. The van der Waals surface area contributed by atoms with Crippen molar-refractivity contribution in [2.24, 2.45) is 5.92 Å². The highest BCUT2D eigenvalue weighted by Crippen LogP contribution is 2.38. The first-order valence-electron chi connectivity index (χ1n) is 5.00. The molecule has 1 aliphatic carbocycles. The Morgan fingerprint density at radius 2 is 2.38 bits per heavy atom. The third-order valence-corrected chi connectivity index (χ3v) is 3.17. The number of nitriles is 1. The molecule has 2 bridgehead atoms. The van der Waals surface area contributed by atoms with Gasteiger partial charge in [-0.1, -0.05) is 0 Å². The van der Waals surface area contributed by atoms with E-state index in [1.807, 2.05) is 4.90 Å². The minimum absolute atomic E-state index is 0.326. The van der Waals surface area contributed by atoms with E-state index in [0.29, 0.717) is 24.3 Å². The maximum absolute atomic E-state index is 11.6. The van der Waals surface area contributed by atoms with Gasteiger partial charge in [0.15, 0.2) is 0 Å². The first kappa shape index (κ1) is 8.55. The molecule has 0 radical (unpaired) electrons. The summed E-state index contributed by atoms with van der Waals surface area (Å²) in [5, 5.41) is 8.38. The van der Waals surface area contributed by atoms with Gasteiger partial charge in [-0.3, -0.25) is 4.79 Å². The van der Waals surface area contributed by atoms with E-state index < -0.39 is 0 Å². The van der Waals surface area contributed by atoms with Crippen LogP contribution in [0.15, 0.2) is 0 Å². The number of hydrogen-bond acceptors (Lipinski definition) is 2. The minimum atomic E-state index is 0.326. The van der Waals surface area contributed by atoms with Crippen LogP contribution in [0.25, 0.3) is 0 Å². The van der Waals surface area contributed by atoms with Crippen LogP contribution >= 0.6 is 0 Å². The molecule has 0 N–H and O–H groups in total. The number of piperidine rings is 1. The van der Waals surface area contributed by atoms with E-state index in [0.717, 1.165) is 25.8 Å². The van der Waals surface area contributed by atoms with Crippen molar-refractivity contribution in [2.45, 2.75) is 38.1 Å². The maximum atomic E-state index is 11.6. The van der Waals surface area contributed by atoms with Gasteiger partial charge in [0.1, 0.15) is 0 Å². The first-order chi connectivity index (χ1) is 6.33. The Kier molecular flexibility index (Phi) is 2.22. The number of fused-ring (bicyclic) bond motifs is 2. The Balaban J connectivity index is 1.87. The number of carbonyl (C=O) groups is 1. The number of nitrogens with zero attached hydrogens (tertiary/aromatic N) is 2. The zero-order valence-corrected chi connectivity index (χ0v) is 7.70. The summed E-state index contributed by atoms with van der Waals surface area (Å²) in [6.07, 6.45) is 4.76. The van der Waals surface area contributed by atoms with Crippen LogP contribution in [0.2, 0.25) is 0 Å². The number of likely N-dealkylation sites (tertiary alicyclic amines) is 1. The zero-order valence-electron chi connectivity index (χ0n) is 7.70. The molecule has 2 aliphatic rings. The lowest BCUT2D eigenvalue weighted by molar-refractivity contribution is -0.134. The van der Waals surface area contributed by atoms with Crippen molar-refractivity contribution in [1.82, 2.24) is 4.90 Å². The highest BCUT2D eigenvalue weighted by molar-refractivity contribution is 5.82. The molecule has 3 nitrogen and oxygen atoms in total. The van der Waals surface area contributed by atoms with E-state index >= 15 is 0 Å². The summed E-state index contributed by atoms with van der Waals surface area (Å²) < 4.78 is 0. The fraction of sp³-hybridized carbons (Fsp3) is 0.800. The number of rotatable bonds is 3. The Hall–Kier alpha value is -1.04. The smallest absolute Gasteiger partial charge is 0.226 e. The average Bonchev–Trinajstić information content (AvgIpc) is 2.69. The van der Waals surface area contributed by atoms with E-state index in [1.165, 1.54) is 6.42 Å². The molecule has 2 fully saturated rings. The summed E-state index contributed by atoms with van der Waals surface area (Å²) in [5.74, 6) is 0.668. The van der Waals surface area contributed by atoms with E-state index in [2.05, 4.69) is 6.07 Å². The Labute approximate surface area is 78.3 Å². The van der Waals surface area contributed by atoms with Gasteiger partial charge in [0.05, 0.1) is 6.07 Å². The molecule has 13 heavy (non-hydrogen) atoms. The topological polar surface area (TPSA) is 44.1 Å². The third kappa shape index (κ3) is 1.41. The second-order valence-corrected chi connectivity index (χ2v) is 3.96. The van der Waals surface area contributed by atoms with E-state index in [9.17, 15) is 4.79 Å². The second kappa shape index (κ2) is 3.37. The predicted octanol–water partition coefficient (Wildman–Crippen LogP) is 1.30. The fourth-order valence-electron chi connectivity index (χ4n) is 2.50. The van der Waals surface area contributed by atoms with Crippen molar-refractivity contribution in [3.8, 4) is 6.07 Å². The molecule has 1 amide bonds. The third-order valence-electron chi connectivity index (χ3n) is 3.17. The summed E-state index contributed by atoms with van der Waals surface area (Å²) in [6, 6.07) is 2.62. The molecule has 1 saturated heterocycles. The molecule has 0 spiro atoms. The van der Waals surface area contributed by atoms with Gasteiger partial charge in [0.25, 0.3) is 0 Å². The molecule has 0 aromatic heterocycles. The van der Waals surface area contributed by atoms with Gasteiger partial charge < -0.3 is 4.90 Å². The number of amides is 1. The molecule has 1 saturated carbocycles. The molecule has 2 atom stereocenters. The Bertz CT molecular complexity index is 256. The second-order valence-electron chi connectivity index (χ2n) is 3.96. The van der Waals surface area contributed by atoms with Crippen LogP contribution in [0.5, 0.6) is 0 Å². The van der Waals surface area contributed by atoms with Crippen LogP contribution in [0.3, 0.4) is 0 Å². The van der Waals surface area contributed by atoms with E-state index in [1.54, 1.807) is 0 Å². The van der Waals surface area contributed by atoms with Crippen LogP contribution in [-0.4, -0.2) is 23.4 Å². The van der Waals surface area contributed by atoms with Crippen LogP contribution in [-0.2, 0) is 4.79 Å². The van der Waals surface area contributed by atoms with E-state index in [4.69, 9.17) is 5.26 Å². The summed E-state index contributed by atoms with van der Waals surface area (Å²) >= 11 is 0. The van der Waals surface area contributed by atoms with Crippen LogP contribution < -0.4 is 0 Å². The van der Waals surface area contributed by atoms with Crippen molar-refractivity contribution < 1.29 is 4.79 Å². The van der Waals surface area contributed by atoms with Gasteiger partial charge in [0, 0.05) is 24.9 Å². The molecule has 3 heteroatoms. The van der Waals surface area contributed by atoms with Gasteiger partial charge in [-0.25, -0.2) is 0 Å². The molecule has 2 rings (SSSR count). The van der Waals surface area contributed by atoms with Crippen molar-refractivity contribution in [2.75, 3.05) is 6.54 Å². The van der Waals surface area contributed by atoms with Crippen molar-refractivity contribution in [3.05, 3.63) is 0 Å². The van der Waals surface area contributed by atoms with E-state index in [-0.39, 0.29) is 0 Å². The highest BCUT2D eigenvalue weighted by atomic mass is 16.2. The Morgan fingerprint density at radius 1 is 1.54 bits per heavy atom. The lowest BCUT2D eigenvalue weighted by Gasteiger charge is -2.26. The molecule has 2 unspecified atom stereocenters. The highest BCUT2D eigenvalue weighted by Gasteiger charge is 2.43. The summed E-state index contributed by atoms with van der Waals surface area (Å²) in [7, 11) is 0. The normalized spacial score (nSPS) is 31.0. The molecular formula is C10H14N2O. The molecule has 1 heterocycles. The van der Waals surface area contributed by atoms with Crippen LogP contribution in [0.4, 0.5) is 0 Å². The molecule has 0 aromatic rings. The number of hydrogen-bond donors (Lipinski definition) is 0. The van der Waals surface area contributed by atoms with Gasteiger partial charge in [0.2, 0.25) is 5.91 Å². The molecule has 0 aromatic carbocycles. The van der Waals surface area contributed by atoms with Gasteiger partial charge in [-0.15, -0.1) is 0 Å². The van der Waals surface area contributed by atoms with Gasteiger partial charge in [-0.2, -0.15) is 5.26 Å². The van der Waals surface area contributed by atoms with Crippen LogP contribution in [0, 0.1) is 17.2 Å². The number of unbranched alkanes of at least 4 members (excludes halogenated alkanes) is 1. The van der Waals surface area contributed by atoms with Gasteiger partial charge >= 0.3 is 0 Å². The first-order valence-corrected chi connectivity index (χ1v) is 5.00. The SMILES string of the molecule is N#CCCCN1C(=O)C2CCC1C2. The lowest BCUT2D eigenvalue weighted by atomic mass is 10.1. The standard InChI is InChI=1S/C10H14N2O/c11-5-1-2-6-12-9-4-3-8(7-9)10(12)13/h8-9H,1-4,6-7H2. The molecule has 70 valence electrons. The van der Waals surface area contributed by atoms with Crippen molar-refractivity contribution >= 4 is 5.91 Å². The predicted molar refractivity (Wildman–Crippen MR) is 47.7 cm³/mol. The minimum Gasteiger partial charge on any atom is -0.339 e. The molecule has 1 aliphatic heterocycles. The maximum Gasteiger partial charge on any atom is 0.226 e. The average molecular weight is 178 g/mol. The van der Waals surface area contributed by atoms with Crippen LogP contribution in [0.1, 0.15) is 32.1 Å². The largest absolute Gasteiger partial charge is 0.339 e. The summed E-state index contributed by atoms with van der Waals surface area (Å²) in [6.45, 7) is 0.799. The Morgan fingerprint density at radius 3 is 3.00 bits per heavy atom. The number of carbonyl (C=O) groups excluding carboxylic acids is 1. The monoisotopic (exact) mass is 178 g/mol. The fourth-order valence-corrected chi connectivity index (χ4v) is 2.50. The summed E-state index contributed by atoms with van der Waals surface area (Å²) in [5.41, 5.74) is 0. The van der Waals surface area contributed by atoms with Crippen molar-refractivity contribution in [3.63, 3.8) is 0 Å². The molecular weight excluding hydrogens is 164 g/mol. The lowest BCUT2D eigenvalue weighted by Crippen LogP contribution is -2.37. The van der Waals surface area contributed by atoms with Gasteiger partial charge in [-0.05, 0) is 25.7 Å².